The number of rotatable bonds is 8. The number of primary amides is 1. The fraction of sp³-hybridized carbons (Fsp3) is 0.208. The van der Waals surface area contributed by atoms with Gasteiger partial charge < -0.3 is 20.2 Å². The summed E-state index contributed by atoms with van der Waals surface area (Å²) in [6.45, 7) is 0.0632. The minimum Gasteiger partial charge on any atom is -0.486 e. The van der Waals surface area contributed by atoms with E-state index in [9.17, 15) is 18.4 Å². The average molecular weight is 518 g/mol. The van der Waals surface area contributed by atoms with Gasteiger partial charge in [-0.1, -0.05) is 17.7 Å². The quantitative estimate of drug-likeness (QED) is 0.285. The Morgan fingerprint density at radius 2 is 2.06 bits per heavy atom. The molecule has 35 heavy (non-hydrogen) atoms. The number of fused-ring (bicyclic) bond motifs is 1. The van der Waals surface area contributed by atoms with E-state index in [2.05, 4.69) is 10.3 Å². The summed E-state index contributed by atoms with van der Waals surface area (Å²) in [6, 6.07) is 11.3. The summed E-state index contributed by atoms with van der Waals surface area (Å²) in [4.78, 5) is 29.4. The first kappa shape index (κ1) is 23.3. The van der Waals surface area contributed by atoms with E-state index < -0.39 is 18.2 Å². The number of hydrogen-bond acceptors (Lipinski definition) is 6. The van der Waals surface area contributed by atoms with Crippen LogP contribution in [0.4, 0.5) is 14.5 Å². The predicted molar refractivity (Wildman–Crippen MR) is 128 cm³/mol. The lowest BCUT2D eigenvalue weighted by molar-refractivity contribution is 0.0992. The van der Waals surface area contributed by atoms with Crippen molar-refractivity contribution >= 4 is 50.7 Å². The van der Waals surface area contributed by atoms with Crippen molar-refractivity contribution in [1.82, 2.24) is 4.98 Å². The molecule has 7 nitrogen and oxygen atoms in total. The molecular weight excluding hydrogens is 500 g/mol. The average Bonchev–Trinajstić information content (AvgIpc) is 3.44. The first-order valence-electron chi connectivity index (χ1n) is 10.6. The third-order valence-electron chi connectivity index (χ3n) is 5.48. The molecule has 3 aromatic heterocycles. The number of carbonyl (C=O) groups is 2. The van der Waals surface area contributed by atoms with Crippen molar-refractivity contribution in [2.75, 3.05) is 5.32 Å². The zero-order valence-electron chi connectivity index (χ0n) is 18.0. The van der Waals surface area contributed by atoms with E-state index in [1.807, 2.05) is 0 Å². The zero-order valence-corrected chi connectivity index (χ0v) is 19.6. The molecule has 5 rings (SSSR count). The maximum absolute atomic E-state index is 13.4. The molecule has 0 spiro atoms. The molecule has 0 atom stereocenters. The van der Waals surface area contributed by atoms with Crippen LogP contribution in [0.5, 0.6) is 5.75 Å². The van der Waals surface area contributed by atoms with Gasteiger partial charge in [0.15, 0.2) is 5.76 Å². The van der Waals surface area contributed by atoms with Gasteiger partial charge in [-0.25, -0.2) is 13.8 Å². The van der Waals surface area contributed by atoms with Crippen LogP contribution in [-0.2, 0) is 6.61 Å². The second-order valence-electron chi connectivity index (χ2n) is 8.03. The van der Waals surface area contributed by atoms with Crippen molar-refractivity contribution in [3.8, 4) is 5.75 Å². The highest BCUT2D eigenvalue weighted by Crippen LogP contribution is 2.48. The summed E-state index contributed by atoms with van der Waals surface area (Å²) < 4.78 is 38.0. The van der Waals surface area contributed by atoms with Crippen LogP contribution in [0.1, 0.15) is 62.4 Å². The Morgan fingerprint density at radius 1 is 1.26 bits per heavy atom. The third-order valence-corrected chi connectivity index (χ3v) is 6.81. The number of nitrogens with zero attached hydrogens (tertiary/aromatic N) is 1. The Bertz CT molecular complexity index is 1450. The maximum Gasteiger partial charge on any atom is 0.291 e. The molecule has 1 fully saturated rings. The predicted octanol–water partition coefficient (Wildman–Crippen LogP) is 6.29. The second-order valence-corrected chi connectivity index (χ2v) is 9.46. The summed E-state index contributed by atoms with van der Waals surface area (Å²) in [6.07, 6.45) is -1.11. The first-order chi connectivity index (χ1) is 16.8. The number of ether oxygens (including phenoxy) is 1. The number of hydrogen-bond donors (Lipinski definition) is 2. The monoisotopic (exact) mass is 517 g/mol. The topological polar surface area (TPSA) is 107 Å². The molecule has 3 heterocycles. The number of carbonyl (C=O) groups excluding carboxylic acids is 2. The third kappa shape index (κ3) is 4.85. The van der Waals surface area contributed by atoms with E-state index in [4.69, 9.17) is 26.5 Å². The lowest BCUT2D eigenvalue weighted by Gasteiger charge is -2.09. The molecule has 0 radical (unpaired) electrons. The Balaban J connectivity index is 1.42. The van der Waals surface area contributed by atoms with Crippen molar-refractivity contribution in [3.63, 3.8) is 0 Å². The van der Waals surface area contributed by atoms with Crippen LogP contribution in [0, 0.1) is 0 Å². The molecule has 0 bridgehead atoms. The van der Waals surface area contributed by atoms with E-state index >= 15 is 0 Å². The molecule has 180 valence electrons. The Morgan fingerprint density at radius 3 is 2.74 bits per heavy atom. The maximum atomic E-state index is 13.4. The zero-order chi connectivity index (χ0) is 24.7. The van der Waals surface area contributed by atoms with Crippen LogP contribution >= 0.6 is 22.9 Å². The first-order valence-corrected chi connectivity index (χ1v) is 11.8. The molecule has 0 saturated heterocycles. The molecule has 0 unspecified atom stereocenters. The summed E-state index contributed by atoms with van der Waals surface area (Å²) in [7, 11) is 0. The van der Waals surface area contributed by atoms with Gasteiger partial charge in [0.25, 0.3) is 18.2 Å². The molecule has 1 aliphatic carbocycles. The van der Waals surface area contributed by atoms with E-state index in [0.29, 0.717) is 27.5 Å². The van der Waals surface area contributed by atoms with Gasteiger partial charge in [-0.3, -0.25) is 9.59 Å². The van der Waals surface area contributed by atoms with Crippen molar-refractivity contribution in [2.24, 2.45) is 5.73 Å². The molecule has 2 amide bonds. The number of furan rings is 1. The van der Waals surface area contributed by atoms with Crippen LogP contribution in [-0.4, -0.2) is 16.8 Å². The van der Waals surface area contributed by atoms with E-state index in [0.717, 1.165) is 24.2 Å². The van der Waals surface area contributed by atoms with E-state index in [1.165, 1.54) is 12.1 Å². The van der Waals surface area contributed by atoms with Crippen LogP contribution in [0.25, 0.3) is 10.2 Å². The molecule has 1 saturated carbocycles. The number of pyridine rings is 1. The Kier molecular flexibility index (Phi) is 6.16. The summed E-state index contributed by atoms with van der Waals surface area (Å²) in [5.74, 6) is -0.446. The largest absolute Gasteiger partial charge is 0.486 e. The van der Waals surface area contributed by atoms with Crippen molar-refractivity contribution in [1.29, 1.82) is 0 Å². The van der Waals surface area contributed by atoms with Gasteiger partial charge >= 0.3 is 0 Å². The molecule has 1 aromatic carbocycles. The second kappa shape index (κ2) is 9.27. The number of aromatic nitrogens is 1. The number of thiophene rings is 1. The molecular formula is C24H18ClF2N3O4S. The van der Waals surface area contributed by atoms with Gasteiger partial charge in [0.05, 0.1) is 5.69 Å². The number of alkyl halides is 2. The highest BCUT2D eigenvalue weighted by atomic mass is 35.5. The number of anilines is 1. The van der Waals surface area contributed by atoms with E-state index in [-0.39, 0.29) is 39.4 Å². The van der Waals surface area contributed by atoms with Crippen molar-refractivity contribution in [3.05, 3.63) is 75.1 Å². The fourth-order valence-corrected chi connectivity index (χ4v) is 4.93. The molecule has 0 aliphatic heterocycles. The summed E-state index contributed by atoms with van der Waals surface area (Å²) in [5, 5.41) is 3.67. The highest BCUT2D eigenvalue weighted by Gasteiger charge is 2.32. The number of halogens is 3. The van der Waals surface area contributed by atoms with Crippen LogP contribution in [0.2, 0.25) is 5.02 Å². The normalized spacial score (nSPS) is 13.4. The van der Waals surface area contributed by atoms with Gasteiger partial charge in [0.2, 0.25) is 0 Å². The Hall–Kier alpha value is -3.50. The minimum atomic E-state index is -2.76. The van der Waals surface area contributed by atoms with Gasteiger partial charge in [0, 0.05) is 10.4 Å². The van der Waals surface area contributed by atoms with Crippen molar-refractivity contribution in [2.45, 2.75) is 31.8 Å². The number of benzene rings is 1. The van der Waals surface area contributed by atoms with Crippen LogP contribution in [0.3, 0.4) is 0 Å². The van der Waals surface area contributed by atoms with Gasteiger partial charge in [-0.05, 0) is 60.7 Å². The lowest BCUT2D eigenvalue weighted by Crippen LogP contribution is -2.16. The Labute approximate surface area is 206 Å². The van der Waals surface area contributed by atoms with Gasteiger partial charge in [0.1, 0.15) is 33.5 Å². The summed E-state index contributed by atoms with van der Waals surface area (Å²) in [5.41, 5.74) is 5.95. The smallest absolute Gasteiger partial charge is 0.291 e. The standard InChI is InChI=1S/C24H18ClF2N3O4S/c25-12-2-1-3-13(8-12)33-10-14-6-7-17(34-14)23(32)30-19-18-15(11-4-5-11)9-16(21(26)27)29-24(18)35-20(19)22(28)31/h1-3,6-9,11,21H,4-5,10H2,(H2,28,31)(H,30,32). The van der Waals surface area contributed by atoms with Crippen molar-refractivity contribution < 1.29 is 27.5 Å². The SMILES string of the molecule is NC(=O)c1sc2nc(C(F)F)cc(C3CC3)c2c1NC(=O)c1ccc(COc2cccc(Cl)c2)o1. The lowest BCUT2D eigenvalue weighted by atomic mass is 10.0. The molecule has 1 aliphatic rings. The van der Waals surface area contributed by atoms with Crippen LogP contribution in [0.15, 0.2) is 46.9 Å². The molecule has 3 N–H and O–H groups in total. The number of nitrogens with two attached hydrogens (primary N) is 1. The molecule has 11 heteroatoms. The van der Waals surface area contributed by atoms with Crippen LogP contribution < -0.4 is 15.8 Å². The fourth-order valence-electron chi connectivity index (χ4n) is 3.73. The van der Waals surface area contributed by atoms with Gasteiger partial charge in [-0.2, -0.15) is 0 Å². The summed E-state index contributed by atoms with van der Waals surface area (Å²) >= 11 is 6.82. The van der Waals surface area contributed by atoms with Gasteiger partial charge in [-0.15, -0.1) is 11.3 Å². The van der Waals surface area contributed by atoms with E-state index in [1.54, 1.807) is 30.3 Å². The number of nitrogens with one attached hydrogen (secondary N) is 1. The number of amides is 2. The highest BCUT2D eigenvalue weighted by molar-refractivity contribution is 7.21. The minimum absolute atomic E-state index is 0.0189. The molecule has 4 aromatic rings.